The largest absolute Gasteiger partial charge is 0.303 e. The Morgan fingerprint density at radius 1 is 0.417 bits per heavy atom. The lowest BCUT2D eigenvalue weighted by atomic mass is 10.9. The van der Waals surface area contributed by atoms with Crippen LogP contribution in [0.1, 0.15) is 0 Å². The minimum Gasteiger partial charge on any atom is -0.303 e. The van der Waals surface area contributed by atoms with Crippen LogP contribution in [-0.2, 0) is 0 Å². The second-order valence-electron chi connectivity index (χ2n) is 3.40. The van der Waals surface area contributed by atoms with Gasteiger partial charge in [0.25, 0.3) is 0 Å². The van der Waals surface area contributed by atoms with Gasteiger partial charge in [-0.15, -0.1) is 5.01 Å². The van der Waals surface area contributed by atoms with Crippen LogP contribution in [0.5, 0.6) is 0 Å². The van der Waals surface area contributed by atoms with Gasteiger partial charge in [-0.2, -0.15) is 11.1 Å². The van der Waals surface area contributed by atoms with Crippen LogP contribution in [0, 0.1) is 47.3 Å². The molecule has 0 bridgehead atoms. The zero-order valence-corrected chi connectivity index (χ0v) is 16.7. The highest BCUT2D eigenvalue weighted by molar-refractivity contribution is 5.06. The first-order valence-electron chi connectivity index (χ1n) is 7.40. The maximum atomic E-state index is 6.29. The van der Waals surface area contributed by atoms with Crippen LogP contribution in [0.4, 0.5) is 0 Å². The molecule has 0 radical (unpaired) electrons. The molecular weight excluding hydrogens is 492 g/mol. The third-order valence-electron chi connectivity index (χ3n) is 1.57. The normalized spacial score (nSPS) is 12.4. The Morgan fingerprint density at radius 3 is 1.22 bits per heavy atom. The lowest BCUT2D eigenvalue weighted by Crippen LogP contribution is -1.99. The summed E-state index contributed by atoms with van der Waals surface area (Å²) in [5, 5.41) is 79.0. The molecule has 30 heteroatoms. The van der Waals surface area contributed by atoms with E-state index < -0.39 is 0 Å². The average Bonchev–Trinajstić information content (AvgIpc) is 2.89. The molecule has 178 valence electrons. The SMILES string of the molecule is N=N/N=N/N=N/N=N/N=N/C#CN(C#C/N=N/N=N/N=N/N=N/N=N)/N=N/N=N/C#C/N=N/N=N/N. The highest BCUT2D eigenvalue weighted by Gasteiger charge is 1.89. The van der Waals surface area contributed by atoms with Crippen molar-refractivity contribution in [2.24, 2.45) is 141 Å². The van der Waals surface area contributed by atoms with E-state index in [1.807, 2.05) is 0 Å². The molecule has 0 fully saturated rings. The molecule has 0 atom stereocenters. The van der Waals surface area contributed by atoms with Gasteiger partial charge < -0.3 is 5.84 Å². The fourth-order valence-corrected chi connectivity index (χ4v) is 0.726. The van der Waals surface area contributed by atoms with E-state index in [0.717, 1.165) is 0 Å². The van der Waals surface area contributed by atoms with Gasteiger partial charge in [-0.25, -0.2) is 0 Å². The Bertz CT molecular complexity index is 1130. The molecule has 0 aromatic carbocycles. The van der Waals surface area contributed by atoms with Gasteiger partial charge in [0, 0.05) is 0 Å². The molecule has 0 aliphatic rings. The van der Waals surface area contributed by atoms with Crippen molar-refractivity contribution in [1.82, 2.24) is 5.01 Å². The van der Waals surface area contributed by atoms with E-state index in [1.165, 1.54) is 0 Å². The van der Waals surface area contributed by atoms with Crippen molar-refractivity contribution in [3.8, 4) is 36.3 Å². The molecule has 0 aliphatic heterocycles. The minimum absolute atomic E-state index is 0.648. The van der Waals surface area contributed by atoms with Gasteiger partial charge in [0.2, 0.25) is 0 Å². The Kier molecular flexibility index (Phi) is 20.5. The molecule has 0 aromatic heterocycles. The Morgan fingerprint density at radius 2 is 0.778 bits per heavy atom. The zero-order valence-electron chi connectivity index (χ0n) is 16.7. The summed E-state index contributed by atoms with van der Waals surface area (Å²) >= 11 is 0. The summed E-state index contributed by atoms with van der Waals surface area (Å²) in [6.45, 7) is 0. The van der Waals surface area contributed by atoms with Gasteiger partial charge in [-0.05, 0) is 110 Å². The average molecular weight is 496 g/mol. The van der Waals surface area contributed by atoms with Crippen molar-refractivity contribution >= 4 is 0 Å². The molecule has 0 unspecified atom stereocenters. The first kappa shape index (κ1) is 28.7. The number of hydrogen-bond donors (Lipinski definition) is 3. The van der Waals surface area contributed by atoms with E-state index >= 15 is 0 Å². The molecular formula is C6H4N30. The minimum atomic E-state index is 0.648. The zero-order chi connectivity index (χ0) is 26.2. The van der Waals surface area contributed by atoms with Gasteiger partial charge in [0.05, 0.1) is 36.3 Å². The van der Waals surface area contributed by atoms with Crippen molar-refractivity contribution in [3.05, 3.63) is 0 Å². The van der Waals surface area contributed by atoms with Crippen LogP contribution in [-0.4, -0.2) is 5.01 Å². The maximum absolute atomic E-state index is 6.29. The van der Waals surface area contributed by atoms with Crippen molar-refractivity contribution in [3.63, 3.8) is 0 Å². The number of nitrogens with two attached hydrogens (primary N) is 1. The second-order valence-corrected chi connectivity index (χ2v) is 3.40. The van der Waals surface area contributed by atoms with Crippen molar-refractivity contribution in [1.29, 1.82) is 11.1 Å². The Hall–Kier alpha value is -7.32. The Balaban J connectivity index is 5.15. The first-order valence-corrected chi connectivity index (χ1v) is 7.40. The van der Waals surface area contributed by atoms with Crippen molar-refractivity contribution < 1.29 is 0 Å². The van der Waals surface area contributed by atoms with Crippen LogP contribution in [0.2, 0.25) is 0 Å². The lowest BCUT2D eigenvalue weighted by molar-refractivity contribution is 0.544. The summed E-state index contributed by atoms with van der Waals surface area (Å²) in [7, 11) is 0. The van der Waals surface area contributed by atoms with Crippen LogP contribution in [0.25, 0.3) is 0 Å². The lowest BCUT2D eigenvalue weighted by Gasteiger charge is -1.93. The fourth-order valence-electron chi connectivity index (χ4n) is 0.726. The standard InChI is InChI=1S/C6H4N30/c7-14-21-17-10-1-2-11-20-34-35-36(5-3-12-18-24-28-32-30-26-22-15-8)6-4-13-19-25-29-33-31-27-23-16-9/h8-9H,(H2,7,10,21)/b15-8?,16-9?,18-12+,19-13+,20-11+,26-22+,27-23+,28-24+,29-25+,32-30+,33-31+,35-34+. The summed E-state index contributed by atoms with van der Waals surface area (Å²) in [4.78, 5) is 0. The van der Waals surface area contributed by atoms with Gasteiger partial charge in [0.15, 0.2) is 0 Å². The summed E-state index contributed by atoms with van der Waals surface area (Å²) in [5.41, 5.74) is 12.6. The van der Waals surface area contributed by atoms with Gasteiger partial charge in [-0.3, -0.25) is 0 Å². The van der Waals surface area contributed by atoms with Crippen LogP contribution in [0.3, 0.4) is 0 Å². The Labute approximate surface area is 194 Å². The summed E-state index contributed by atoms with van der Waals surface area (Å²) in [6, 6.07) is 12.7. The number of hydrogen-bond acceptors (Lipinski definition) is 8. The van der Waals surface area contributed by atoms with Gasteiger partial charge >= 0.3 is 0 Å². The van der Waals surface area contributed by atoms with Gasteiger partial charge in [0.1, 0.15) is 0 Å². The first-order chi connectivity index (χ1) is 17.8. The fraction of sp³-hybridized carbons (Fsp3) is 0. The topological polar surface area (TPSA) is 398 Å². The predicted octanol–water partition coefficient (Wildman–Crippen LogP) is 4.47. The quantitative estimate of drug-likeness (QED) is 0.122. The van der Waals surface area contributed by atoms with E-state index in [1.54, 1.807) is 0 Å². The smallest absolute Gasteiger partial charge is 0.0868 e. The summed E-state index contributed by atoms with van der Waals surface area (Å²) < 4.78 is 0. The molecule has 0 saturated heterocycles. The second kappa shape index (κ2) is 25.7. The van der Waals surface area contributed by atoms with Crippen LogP contribution >= 0.6 is 0 Å². The molecule has 36 heavy (non-hydrogen) atoms. The van der Waals surface area contributed by atoms with Gasteiger partial charge in [-0.1, -0.05) is 25.7 Å². The van der Waals surface area contributed by atoms with Crippen LogP contribution < -0.4 is 5.84 Å². The van der Waals surface area contributed by atoms with E-state index in [9.17, 15) is 0 Å². The number of nitrogens with zero attached hydrogens (tertiary/aromatic N) is 27. The summed E-state index contributed by atoms with van der Waals surface area (Å²) in [5.74, 6) is 4.68. The maximum Gasteiger partial charge on any atom is 0.0868 e. The molecule has 30 nitrogen and oxygen atoms in total. The summed E-state index contributed by atoms with van der Waals surface area (Å²) in [6.07, 6.45) is 0. The highest BCUT2D eigenvalue weighted by Crippen LogP contribution is 1.90. The van der Waals surface area contributed by atoms with Crippen molar-refractivity contribution in [2.45, 2.75) is 0 Å². The molecule has 0 aromatic rings. The molecule has 0 amide bonds. The third kappa shape index (κ3) is 23.0. The van der Waals surface area contributed by atoms with E-state index in [2.05, 4.69) is 177 Å². The molecule has 0 rings (SSSR count). The van der Waals surface area contributed by atoms with E-state index in [4.69, 9.17) is 11.1 Å². The molecule has 0 aliphatic carbocycles. The number of rotatable bonds is 11. The third-order valence-corrected chi connectivity index (χ3v) is 1.57. The highest BCUT2D eigenvalue weighted by atomic mass is 15.7. The molecule has 0 spiro atoms. The molecule has 0 saturated carbocycles. The number of nitrogens with one attached hydrogen (secondary N) is 2. The van der Waals surface area contributed by atoms with Crippen molar-refractivity contribution in [2.75, 3.05) is 0 Å². The van der Waals surface area contributed by atoms with E-state index in [-0.39, 0.29) is 0 Å². The van der Waals surface area contributed by atoms with E-state index in [0.29, 0.717) is 5.01 Å². The molecule has 4 N–H and O–H groups in total. The predicted molar refractivity (Wildman–Crippen MR) is 97.9 cm³/mol. The molecule has 0 heterocycles. The monoisotopic (exact) mass is 496 g/mol. The van der Waals surface area contributed by atoms with Crippen LogP contribution in [0.15, 0.2) is 135 Å².